The van der Waals surface area contributed by atoms with Gasteiger partial charge in [-0.15, -0.1) is 5.10 Å². The van der Waals surface area contributed by atoms with Crippen LogP contribution in [-0.2, 0) is 4.79 Å². The van der Waals surface area contributed by atoms with Crippen molar-refractivity contribution in [3.8, 4) is 5.69 Å². The van der Waals surface area contributed by atoms with Crippen LogP contribution in [0.2, 0.25) is 0 Å². The second kappa shape index (κ2) is 7.27. The van der Waals surface area contributed by atoms with Gasteiger partial charge in [0.2, 0.25) is 11.1 Å². The second-order valence-electron chi connectivity index (χ2n) is 5.28. The van der Waals surface area contributed by atoms with Crippen LogP contribution in [0.3, 0.4) is 0 Å². The van der Waals surface area contributed by atoms with Gasteiger partial charge in [0.1, 0.15) is 0 Å². The Morgan fingerprint density at radius 2 is 1.83 bits per heavy atom. The van der Waals surface area contributed by atoms with E-state index >= 15 is 0 Å². The van der Waals surface area contributed by atoms with Gasteiger partial charge in [0.25, 0.3) is 0 Å². The van der Waals surface area contributed by atoms with Crippen molar-refractivity contribution in [1.82, 2.24) is 20.2 Å². The second-order valence-corrected chi connectivity index (χ2v) is 6.58. The molecular formula is C17H17N5OS. The van der Waals surface area contributed by atoms with Crippen LogP contribution < -0.4 is 5.32 Å². The van der Waals surface area contributed by atoms with Crippen LogP contribution in [0.5, 0.6) is 0 Å². The van der Waals surface area contributed by atoms with E-state index in [9.17, 15) is 4.79 Å². The summed E-state index contributed by atoms with van der Waals surface area (Å²) in [5, 5.41) is 15.0. The molecule has 0 unspecified atom stereocenters. The number of thioether (sulfide) groups is 1. The fourth-order valence-electron chi connectivity index (χ4n) is 2.18. The van der Waals surface area contributed by atoms with Crippen molar-refractivity contribution in [2.45, 2.75) is 24.3 Å². The highest BCUT2D eigenvalue weighted by molar-refractivity contribution is 8.00. The molecule has 0 aliphatic heterocycles. The van der Waals surface area contributed by atoms with Crippen LogP contribution in [0.15, 0.2) is 59.8 Å². The quantitative estimate of drug-likeness (QED) is 0.723. The maximum atomic E-state index is 12.3. The van der Waals surface area contributed by atoms with Crippen molar-refractivity contribution in [2.75, 3.05) is 5.32 Å². The number of hydrogen-bond donors (Lipinski definition) is 1. The third kappa shape index (κ3) is 3.62. The fourth-order valence-corrected chi connectivity index (χ4v) is 2.98. The number of anilines is 1. The highest BCUT2D eigenvalue weighted by Gasteiger charge is 2.19. The third-order valence-corrected chi connectivity index (χ3v) is 4.51. The molecule has 3 aromatic rings. The fraction of sp³-hybridized carbons (Fsp3) is 0.176. The molecule has 0 spiro atoms. The average molecular weight is 339 g/mol. The lowest BCUT2D eigenvalue weighted by Crippen LogP contribution is -2.22. The lowest BCUT2D eigenvalue weighted by Gasteiger charge is -2.12. The predicted molar refractivity (Wildman–Crippen MR) is 94.3 cm³/mol. The highest BCUT2D eigenvalue weighted by Crippen LogP contribution is 2.25. The standard InChI is InChI=1S/C17H17N5OS/c1-12-8-6-7-11-15(12)22-17(19-20-21-22)24-13(2)16(23)18-14-9-4-3-5-10-14/h3-11,13H,1-2H3,(H,18,23)/t13-/m0/s1. The summed E-state index contributed by atoms with van der Waals surface area (Å²) in [6.07, 6.45) is 0. The molecule has 1 heterocycles. The Hall–Kier alpha value is -2.67. The van der Waals surface area contributed by atoms with Gasteiger partial charge in [0.15, 0.2) is 0 Å². The lowest BCUT2D eigenvalue weighted by atomic mass is 10.2. The lowest BCUT2D eigenvalue weighted by molar-refractivity contribution is -0.115. The van der Waals surface area contributed by atoms with Crippen molar-refractivity contribution in [2.24, 2.45) is 0 Å². The van der Waals surface area contributed by atoms with E-state index < -0.39 is 0 Å². The zero-order valence-electron chi connectivity index (χ0n) is 13.4. The van der Waals surface area contributed by atoms with E-state index in [1.54, 1.807) is 4.68 Å². The van der Waals surface area contributed by atoms with E-state index in [1.165, 1.54) is 11.8 Å². The van der Waals surface area contributed by atoms with Crippen molar-refractivity contribution in [3.63, 3.8) is 0 Å². The summed E-state index contributed by atoms with van der Waals surface area (Å²) in [6, 6.07) is 17.2. The average Bonchev–Trinajstić information content (AvgIpc) is 3.04. The molecule has 0 radical (unpaired) electrons. The molecule has 1 aromatic heterocycles. The molecule has 24 heavy (non-hydrogen) atoms. The minimum Gasteiger partial charge on any atom is -0.325 e. The number of carbonyl (C=O) groups is 1. The molecule has 1 amide bonds. The Bertz CT molecular complexity index is 834. The van der Waals surface area contributed by atoms with Crippen molar-refractivity contribution < 1.29 is 4.79 Å². The number of aryl methyl sites for hydroxylation is 1. The number of nitrogens with one attached hydrogen (secondary N) is 1. The molecule has 3 rings (SSSR count). The molecule has 0 aliphatic carbocycles. The molecule has 0 fully saturated rings. The molecule has 2 aromatic carbocycles. The summed E-state index contributed by atoms with van der Waals surface area (Å²) in [5.74, 6) is -0.0921. The van der Waals surface area contributed by atoms with Gasteiger partial charge in [0, 0.05) is 5.69 Å². The van der Waals surface area contributed by atoms with Crippen molar-refractivity contribution in [1.29, 1.82) is 0 Å². The Balaban J connectivity index is 1.74. The van der Waals surface area contributed by atoms with E-state index in [-0.39, 0.29) is 11.2 Å². The Morgan fingerprint density at radius 3 is 2.58 bits per heavy atom. The molecule has 0 aliphatic rings. The molecule has 1 N–H and O–H groups in total. The van der Waals surface area contributed by atoms with Gasteiger partial charge in [-0.05, 0) is 48.0 Å². The van der Waals surface area contributed by atoms with Crippen LogP contribution in [0.1, 0.15) is 12.5 Å². The number of amides is 1. The van der Waals surface area contributed by atoms with E-state index in [1.807, 2.05) is 68.4 Å². The van der Waals surface area contributed by atoms with Crippen LogP contribution in [0.25, 0.3) is 5.69 Å². The summed E-state index contributed by atoms with van der Waals surface area (Å²) in [4.78, 5) is 12.3. The predicted octanol–water partition coefficient (Wildman–Crippen LogP) is 3.09. The van der Waals surface area contributed by atoms with Gasteiger partial charge in [-0.1, -0.05) is 48.2 Å². The van der Waals surface area contributed by atoms with Crippen LogP contribution >= 0.6 is 11.8 Å². The molecule has 7 heteroatoms. The summed E-state index contributed by atoms with van der Waals surface area (Å²) in [6.45, 7) is 3.83. The zero-order valence-corrected chi connectivity index (χ0v) is 14.2. The van der Waals surface area contributed by atoms with Gasteiger partial charge >= 0.3 is 0 Å². The molecule has 6 nitrogen and oxygen atoms in total. The number of rotatable bonds is 5. The zero-order chi connectivity index (χ0) is 16.9. The minimum atomic E-state index is -0.334. The third-order valence-electron chi connectivity index (χ3n) is 3.48. The molecule has 0 saturated carbocycles. The Labute approximate surface area is 144 Å². The number of aromatic nitrogens is 4. The van der Waals surface area contributed by atoms with E-state index in [0.717, 1.165) is 16.9 Å². The van der Waals surface area contributed by atoms with Crippen molar-refractivity contribution >= 4 is 23.4 Å². The first-order valence-corrected chi connectivity index (χ1v) is 8.40. The van der Waals surface area contributed by atoms with E-state index in [0.29, 0.717) is 5.16 Å². The van der Waals surface area contributed by atoms with Crippen LogP contribution in [0.4, 0.5) is 5.69 Å². The van der Waals surface area contributed by atoms with Gasteiger partial charge in [-0.25, -0.2) is 0 Å². The molecule has 1 atom stereocenters. The van der Waals surface area contributed by atoms with E-state index in [4.69, 9.17) is 0 Å². The van der Waals surface area contributed by atoms with Gasteiger partial charge in [0.05, 0.1) is 10.9 Å². The molecule has 0 bridgehead atoms. The first-order valence-electron chi connectivity index (χ1n) is 7.52. The number of carbonyl (C=O) groups excluding carboxylic acids is 1. The molecule has 0 saturated heterocycles. The van der Waals surface area contributed by atoms with Crippen LogP contribution in [0, 0.1) is 6.92 Å². The topological polar surface area (TPSA) is 72.7 Å². The Kier molecular flexibility index (Phi) is 4.90. The summed E-state index contributed by atoms with van der Waals surface area (Å²) in [7, 11) is 0. The first kappa shape index (κ1) is 16.2. The highest BCUT2D eigenvalue weighted by atomic mass is 32.2. The normalized spacial score (nSPS) is 11.9. The van der Waals surface area contributed by atoms with Gasteiger partial charge in [-0.3, -0.25) is 4.79 Å². The largest absolute Gasteiger partial charge is 0.325 e. The Morgan fingerprint density at radius 1 is 1.12 bits per heavy atom. The van der Waals surface area contributed by atoms with Crippen LogP contribution in [-0.4, -0.2) is 31.4 Å². The first-order chi connectivity index (χ1) is 11.6. The maximum absolute atomic E-state index is 12.3. The SMILES string of the molecule is Cc1ccccc1-n1nnnc1S[C@@H](C)C(=O)Nc1ccccc1. The molecule has 122 valence electrons. The number of benzene rings is 2. The number of tetrazole rings is 1. The summed E-state index contributed by atoms with van der Waals surface area (Å²) >= 11 is 1.32. The van der Waals surface area contributed by atoms with Crippen molar-refractivity contribution in [3.05, 3.63) is 60.2 Å². The number of para-hydroxylation sites is 2. The van der Waals surface area contributed by atoms with Gasteiger partial charge < -0.3 is 5.32 Å². The minimum absolute atomic E-state index is 0.0921. The molecular weight excluding hydrogens is 322 g/mol. The maximum Gasteiger partial charge on any atom is 0.237 e. The van der Waals surface area contributed by atoms with Gasteiger partial charge in [-0.2, -0.15) is 4.68 Å². The smallest absolute Gasteiger partial charge is 0.237 e. The number of nitrogens with zero attached hydrogens (tertiary/aromatic N) is 4. The summed E-state index contributed by atoms with van der Waals surface area (Å²) < 4.78 is 1.66. The monoisotopic (exact) mass is 339 g/mol. The number of hydrogen-bond acceptors (Lipinski definition) is 5. The summed E-state index contributed by atoms with van der Waals surface area (Å²) in [5.41, 5.74) is 2.74. The van der Waals surface area contributed by atoms with E-state index in [2.05, 4.69) is 20.8 Å².